The van der Waals surface area contributed by atoms with Gasteiger partial charge in [0.2, 0.25) is 0 Å². The third-order valence-corrected chi connectivity index (χ3v) is 6.47. The maximum atomic E-state index is 13.0. The SMILES string of the molecule is Cc1cc(C(F)(F)F)nn1-c1ccc(CNc2cc3[nH]cnc3c(-c3ccccc3C3CC3)n2)cc1. The number of hydrogen-bond donors (Lipinski definition) is 2. The zero-order valence-electron chi connectivity index (χ0n) is 19.5. The van der Waals surface area contributed by atoms with Crippen molar-refractivity contribution < 1.29 is 13.2 Å². The number of nitrogens with zero attached hydrogens (tertiary/aromatic N) is 4. The molecule has 3 aromatic heterocycles. The third kappa shape index (κ3) is 4.21. The molecule has 2 aromatic carbocycles. The molecular formula is C27H23F3N6. The first kappa shape index (κ1) is 22.3. The molecule has 9 heteroatoms. The molecule has 182 valence electrons. The Morgan fingerprint density at radius 2 is 1.83 bits per heavy atom. The van der Waals surface area contributed by atoms with E-state index in [4.69, 9.17) is 4.98 Å². The number of anilines is 1. The first-order chi connectivity index (χ1) is 17.4. The van der Waals surface area contributed by atoms with Crippen LogP contribution in [0.1, 0.15) is 41.3 Å². The Kier molecular flexibility index (Phi) is 5.28. The lowest BCUT2D eigenvalue weighted by molar-refractivity contribution is -0.141. The quantitative estimate of drug-likeness (QED) is 0.282. The van der Waals surface area contributed by atoms with E-state index in [0.717, 1.165) is 33.9 Å². The molecule has 0 atom stereocenters. The van der Waals surface area contributed by atoms with Crippen molar-refractivity contribution in [3.63, 3.8) is 0 Å². The maximum absolute atomic E-state index is 13.0. The van der Waals surface area contributed by atoms with E-state index in [1.807, 2.05) is 24.3 Å². The number of aromatic amines is 1. The Morgan fingerprint density at radius 3 is 2.56 bits per heavy atom. The van der Waals surface area contributed by atoms with Crippen LogP contribution in [0.15, 0.2) is 67.0 Å². The largest absolute Gasteiger partial charge is 0.435 e. The Hall–Kier alpha value is -4.14. The van der Waals surface area contributed by atoms with Gasteiger partial charge in [-0.1, -0.05) is 36.4 Å². The fourth-order valence-electron chi connectivity index (χ4n) is 4.51. The number of imidazole rings is 1. The van der Waals surface area contributed by atoms with E-state index in [1.165, 1.54) is 23.1 Å². The number of hydrogen-bond acceptors (Lipinski definition) is 4. The van der Waals surface area contributed by atoms with Crippen molar-refractivity contribution in [2.24, 2.45) is 0 Å². The van der Waals surface area contributed by atoms with Crippen molar-refractivity contribution in [2.75, 3.05) is 5.32 Å². The number of alkyl halides is 3. The summed E-state index contributed by atoms with van der Waals surface area (Å²) < 4.78 is 40.3. The fraction of sp³-hybridized carbons (Fsp3) is 0.222. The van der Waals surface area contributed by atoms with Gasteiger partial charge in [-0.05, 0) is 55.0 Å². The molecule has 36 heavy (non-hydrogen) atoms. The van der Waals surface area contributed by atoms with Crippen molar-refractivity contribution in [3.8, 4) is 16.9 Å². The molecule has 0 aliphatic heterocycles. The number of halogens is 3. The average molecular weight is 489 g/mol. The van der Waals surface area contributed by atoms with Crippen molar-refractivity contribution in [1.82, 2.24) is 24.7 Å². The Labute approximate surface area is 205 Å². The molecule has 1 aliphatic carbocycles. The number of benzene rings is 2. The molecule has 6 nitrogen and oxygen atoms in total. The standard InChI is InChI=1S/C27H23F3N6/c1-16-12-23(27(28,29)30)35-36(16)19-10-6-17(7-11-19)14-31-24-13-22-26(33-15-32-22)25(34-24)21-5-3-2-4-20(21)18-8-9-18/h2-7,10-13,15,18H,8-9,14H2,1H3,(H,31,34)(H,32,33). The summed E-state index contributed by atoms with van der Waals surface area (Å²) in [6, 6.07) is 18.6. The van der Waals surface area contributed by atoms with Crippen molar-refractivity contribution in [2.45, 2.75) is 38.4 Å². The molecular weight excluding hydrogens is 465 g/mol. The Bertz CT molecular complexity index is 1540. The van der Waals surface area contributed by atoms with Gasteiger partial charge in [-0.25, -0.2) is 14.6 Å². The Balaban J connectivity index is 1.25. The predicted octanol–water partition coefficient (Wildman–Crippen LogP) is 6.63. The van der Waals surface area contributed by atoms with Crippen LogP contribution in [0.2, 0.25) is 0 Å². The lowest BCUT2D eigenvalue weighted by Crippen LogP contribution is -2.07. The van der Waals surface area contributed by atoms with Crippen molar-refractivity contribution in [3.05, 3.63) is 89.5 Å². The van der Waals surface area contributed by atoms with E-state index >= 15 is 0 Å². The zero-order chi connectivity index (χ0) is 24.9. The van der Waals surface area contributed by atoms with Crippen LogP contribution in [0.25, 0.3) is 28.0 Å². The molecule has 0 saturated heterocycles. The molecule has 3 heterocycles. The summed E-state index contributed by atoms with van der Waals surface area (Å²) in [6.45, 7) is 2.11. The minimum absolute atomic E-state index is 0.421. The molecule has 2 N–H and O–H groups in total. The number of H-pyrrole nitrogens is 1. The number of nitrogens with one attached hydrogen (secondary N) is 2. The van der Waals surface area contributed by atoms with Gasteiger partial charge in [0.15, 0.2) is 5.69 Å². The lowest BCUT2D eigenvalue weighted by atomic mass is 9.99. The second-order valence-corrected chi connectivity index (χ2v) is 9.12. The van der Waals surface area contributed by atoms with E-state index in [1.54, 1.807) is 25.4 Å². The number of aromatic nitrogens is 5. The maximum Gasteiger partial charge on any atom is 0.435 e. The fourth-order valence-corrected chi connectivity index (χ4v) is 4.51. The van der Waals surface area contributed by atoms with Gasteiger partial charge in [0.05, 0.1) is 17.5 Å². The van der Waals surface area contributed by atoms with Gasteiger partial charge in [-0.2, -0.15) is 18.3 Å². The van der Waals surface area contributed by atoms with Crippen LogP contribution in [0, 0.1) is 6.92 Å². The van der Waals surface area contributed by atoms with E-state index in [-0.39, 0.29) is 0 Å². The predicted molar refractivity (Wildman–Crippen MR) is 132 cm³/mol. The van der Waals surface area contributed by atoms with Gasteiger partial charge < -0.3 is 10.3 Å². The zero-order valence-corrected chi connectivity index (χ0v) is 19.5. The van der Waals surface area contributed by atoms with Crippen molar-refractivity contribution >= 4 is 16.9 Å². The van der Waals surface area contributed by atoms with Gasteiger partial charge in [0.25, 0.3) is 0 Å². The number of rotatable bonds is 6. The first-order valence-corrected chi connectivity index (χ1v) is 11.8. The van der Waals surface area contributed by atoms with Crippen LogP contribution in [0.4, 0.5) is 19.0 Å². The highest BCUT2D eigenvalue weighted by Crippen LogP contribution is 2.45. The highest BCUT2D eigenvalue weighted by Gasteiger charge is 2.34. The summed E-state index contributed by atoms with van der Waals surface area (Å²) in [7, 11) is 0. The van der Waals surface area contributed by atoms with Gasteiger partial charge in [0.1, 0.15) is 17.0 Å². The van der Waals surface area contributed by atoms with Gasteiger partial charge in [-0.3, -0.25) is 0 Å². The third-order valence-electron chi connectivity index (χ3n) is 6.47. The highest BCUT2D eigenvalue weighted by atomic mass is 19.4. The van der Waals surface area contributed by atoms with Crippen LogP contribution < -0.4 is 5.32 Å². The van der Waals surface area contributed by atoms with Gasteiger partial charge in [0, 0.05) is 23.9 Å². The molecule has 0 radical (unpaired) electrons. The average Bonchev–Trinajstić information content (AvgIpc) is 3.47. The van der Waals surface area contributed by atoms with E-state index in [2.05, 4.69) is 38.6 Å². The molecule has 1 saturated carbocycles. The van der Waals surface area contributed by atoms with Crippen LogP contribution in [0.5, 0.6) is 0 Å². The smallest absolute Gasteiger partial charge is 0.366 e. The molecule has 1 aliphatic rings. The molecule has 0 spiro atoms. The minimum atomic E-state index is -4.47. The summed E-state index contributed by atoms with van der Waals surface area (Å²) in [5.74, 6) is 1.30. The first-order valence-electron chi connectivity index (χ1n) is 11.8. The van der Waals surface area contributed by atoms with Gasteiger partial charge in [-0.15, -0.1) is 0 Å². The number of pyridine rings is 1. The van der Waals surface area contributed by atoms with Crippen LogP contribution >= 0.6 is 0 Å². The molecule has 1 fully saturated rings. The molecule has 6 rings (SSSR count). The summed E-state index contributed by atoms with van der Waals surface area (Å²) in [5.41, 5.74) is 6.07. The van der Waals surface area contributed by atoms with E-state index in [0.29, 0.717) is 29.7 Å². The van der Waals surface area contributed by atoms with Crippen LogP contribution in [-0.4, -0.2) is 24.7 Å². The molecule has 5 aromatic rings. The van der Waals surface area contributed by atoms with Crippen molar-refractivity contribution in [1.29, 1.82) is 0 Å². The van der Waals surface area contributed by atoms with E-state index < -0.39 is 11.9 Å². The Morgan fingerprint density at radius 1 is 1.06 bits per heavy atom. The normalized spacial score (nSPS) is 13.9. The molecule has 0 bridgehead atoms. The summed E-state index contributed by atoms with van der Waals surface area (Å²) in [5, 5.41) is 7.10. The number of aryl methyl sites for hydroxylation is 1. The lowest BCUT2D eigenvalue weighted by Gasteiger charge is -2.12. The van der Waals surface area contributed by atoms with Crippen LogP contribution in [0.3, 0.4) is 0 Å². The summed E-state index contributed by atoms with van der Waals surface area (Å²) in [4.78, 5) is 12.6. The molecule has 0 amide bonds. The highest BCUT2D eigenvalue weighted by molar-refractivity contribution is 5.92. The molecule has 0 unspecified atom stereocenters. The summed E-state index contributed by atoms with van der Waals surface area (Å²) >= 11 is 0. The second-order valence-electron chi connectivity index (χ2n) is 9.12. The van der Waals surface area contributed by atoms with Crippen LogP contribution in [-0.2, 0) is 12.7 Å². The summed E-state index contributed by atoms with van der Waals surface area (Å²) in [6.07, 6.45) is -0.394. The second kappa shape index (κ2) is 8.51. The van der Waals surface area contributed by atoms with Gasteiger partial charge >= 0.3 is 6.18 Å². The minimum Gasteiger partial charge on any atom is -0.366 e. The van der Waals surface area contributed by atoms with E-state index in [9.17, 15) is 13.2 Å². The monoisotopic (exact) mass is 488 g/mol. The number of fused-ring (bicyclic) bond motifs is 1. The topological polar surface area (TPSA) is 71.4 Å².